The summed E-state index contributed by atoms with van der Waals surface area (Å²) in [6.07, 6.45) is 0. The highest BCUT2D eigenvalue weighted by molar-refractivity contribution is 7.17. The van der Waals surface area contributed by atoms with Gasteiger partial charge in [0.15, 0.2) is 11.6 Å². The van der Waals surface area contributed by atoms with E-state index in [1.807, 2.05) is 0 Å². The smallest absolute Gasteiger partial charge is 0.337 e. The Bertz CT molecular complexity index is 518. The lowest BCUT2D eigenvalue weighted by Crippen LogP contribution is -1.95. The van der Waals surface area contributed by atoms with Crippen molar-refractivity contribution in [2.24, 2.45) is 0 Å². The molecule has 0 bridgehead atoms. The highest BCUT2D eigenvalue weighted by Crippen LogP contribution is 2.32. The number of hydrogen-bond acceptors (Lipinski definition) is 3. The quantitative estimate of drug-likeness (QED) is 0.763. The molecule has 0 radical (unpaired) electrons. The molecule has 3 nitrogen and oxygen atoms in total. The molecule has 0 atom stereocenters. The third-order valence-electron chi connectivity index (χ3n) is 1.89. The van der Waals surface area contributed by atoms with Crippen molar-refractivity contribution in [3.63, 3.8) is 0 Å². The Labute approximate surface area is 82.0 Å². The number of aromatic hydroxyl groups is 1. The Hall–Kier alpha value is -1.62. The van der Waals surface area contributed by atoms with Gasteiger partial charge in [0.1, 0.15) is 0 Å². The van der Waals surface area contributed by atoms with E-state index in [1.54, 1.807) is 0 Å². The molecule has 2 N–H and O–H groups in total. The third-order valence-corrected chi connectivity index (χ3v) is 2.83. The predicted molar refractivity (Wildman–Crippen MR) is 50.4 cm³/mol. The Balaban J connectivity index is 2.89. The molecule has 5 heteroatoms. The minimum absolute atomic E-state index is 0.0255. The van der Waals surface area contributed by atoms with Crippen molar-refractivity contribution in [1.29, 1.82) is 0 Å². The molecular weight excluding hydrogens is 207 g/mol. The van der Waals surface area contributed by atoms with Crippen LogP contribution in [0.5, 0.6) is 5.75 Å². The van der Waals surface area contributed by atoms with E-state index in [9.17, 15) is 9.18 Å². The monoisotopic (exact) mass is 212 g/mol. The summed E-state index contributed by atoms with van der Waals surface area (Å²) >= 11 is 1.13. The van der Waals surface area contributed by atoms with Gasteiger partial charge in [0.2, 0.25) is 0 Å². The summed E-state index contributed by atoms with van der Waals surface area (Å²) in [6, 6.07) is 2.70. The number of phenolic OH excluding ortho intramolecular Hbond substituents is 1. The Morgan fingerprint density at radius 2 is 2.14 bits per heavy atom. The number of fused-ring (bicyclic) bond motifs is 1. The molecule has 0 amide bonds. The van der Waals surface area contributed by atoms with Crippen LogP contribution in [-0.2, 0) is 0 Å². The fraction of sp³-hybridized carbons (Fsp3) is 0. The maximum absolute atomic E-state index is 13.3. The van der Waals surface area contributed by atoms with Crippen molar-refractivity contribution in [1.82, 2.24) is 0 Å². The number of thiophene rings is 1. The highest BCUT2D eigenvalue weighted by Gasteiger charge is 2.16. The van der Waals surface area contributed by atoms with Crippen molar-refractivity contribution in [3.8, 4) is 5.75 Å². The molecule has 0 unspecified atom stereocenters. The van der Waals surface area contributed by atoms with Gasteiger partial charge in [-0.2, -0.15) is 0 Å². The summed E-state index contributed by atoms with van der Waals surface area (Å²) in [7, 11) is 0. The van der Waals surface area contributed by atoms with Gasteiger partial charge >= 0.3 is 5.97 Å². The van der Waals surface area contributed by atoms with Crippen LogP contribution in [0.3, 0.4) is 0 Å². The number of carbonyl (C=O) groups is 1. The number of rotatable bonds is 1. The zero-order valence-corrected chi connectivity index (χ0v) is 7.64. The van der Waals surface area contributed by atoms with Gasteiger partial charge in [-0.1, -0.05) is 0 Å². The second-order valence-electron chi connectivity index (χ2n) is 2.73. The van der Waals surface area contributed by atoms with Crippen LogP contribution in [-0.4, -0.2) is 16.2 Å². The van der Waals surface area contributed by atoms with E-state index in [1.165, 1.54) is 17.5 Å². The molecule has 1 aromatic heterocycles. The lowest BCUT2D eigenvalue weighted by Gasteiger charge is -1.97. The Kier molecular flexibility index (Phi) is 1.89. The molecule has 1 aromatic carbocycles. The number of aromatic carboxylic acids is 1. The second-order valence-corrected chi connectivity index (χ2v) is 3.64. The molecule has 0 aliphatic carbocycles. The fourth-order valence-electron chi connectivity index (χ4n) is 1.24. The number of halogens is 1. The Morgan fingerprint density at radius 1 is 1.43 bits per heavy atom. The van der Waals surface area contributed by atoms with Gasteiger partial charge in [-0.3, -0.25) is 0 Å². The van der Waals surface area contributed by atoms with Crippen LogP contribution in [0.15, 0.2) is 17.5 Å². The maximum atomic E-state index is 13.3. The van der Waals surface area contributed by atoms with Crippen LogP contribution >= 0.6 is 11.3 Å². The van der Waals surface area contributed by atoms with Crippen molar-refractivity contribution in [2.75, 3.05) is 0 Å². The van der Waals surface area contributed by atoms with E-state index < -0.39 is 17.5 Å². The summed E-state index contributed by atoms with van der Waals surface area (Å²) in [5, 5.41) is 19.2. The topological polar surface area (TPSA) is 57.5 Å². The molecule has 0 aliphatic rings. The lowest BCUT2D eigenvalue weighted by atomic mass is 10.1. The average Bonchev–Trinajstić information content (AvgIpc) is 2.55. The Morgan fingerprint density at radius 3 is 2.79 bits per heavy atom. The van der Waals surface area contributed by atoms with E-state index >= 15 is 0 Å². The van der Waals surface area contributed by atoms with E-state index in [0.717, 1.165) is 11.3 Å². The normalized spacial score (nSPS) is 10.6. The zero-order chi connectivity index (χ0) is 10.3. The molecule has 2 rings (SSSR count). The highest BCUT2D eigenvalue weighted by atomic mass is 32.1. The lowest BCUT2D eigenvalue weighted by molar-refractivity contribution is 0.0699. The first-order valence-corrected chi connectivity index (χ1v) is 4.61. The first kappa shape index (κ1) is 8.96. The van der Waals surface area contributed by atoms with Gasteiger partial charge in [-0.25, -0.2) is 9.18 Å². The van der Waals surface area contributed by atoms with Crippen molar-refractivity contribution in [3.05, 3.63) is 28.9 Å². The second kappa shape index (κ2) is 2.95. The predicted octanol–water partition coefficient (Wildman–Crippen LogP) is 2.44. The molecular formula is C9H5FO3S. The SMILES string of the molecule is O=C(O)c1csc2ccc(O)c(F)c12. The largest absolute Gasteiger partial charge is 0.505 e. The van der Waals surface area contributed by atoms with E-state index in [2.05, 4.69) is 0 Å². The van der Waals surface area contributed by atoms with Gasteiger partial charge in [0.05, 0.1) is 5.56 Å². The molecule has 0 fully saturated rings. The van der Waals surface area contributed by atoms with Crippen molar-refractivity contribution < 1.29 is 19.4 Å². The van der Waals surface area contributed by atoms with Crippen LogP contribution in [0.25, 0.3) is 10.1 Å². The first-order valence-electron chi connectivity index (χ1n) is 3.73. The summed E-state index contributed by atoms with van der Waals surface area (Å²) in [5.41, 5.74) is -0.113. The number of phenols is 1. The van der Waals surface area contributed by atoms with Crippen LogP contribution in [0.1, 0.15) is 10.4 Å². The van der Waals surface area contributed by atoms with Gasteiger partial charge in [0, 0.05) is 15.5 Å². The van der Waals surface area contributed by atoms with Gasteiger partial charge in [-0.15, -0.1) is 11.3 Å². The van der Waals surface area contributed by atoms with Gasteiger partial charge in [0.25, 0.3) is 0 Å². The number of benzene rings is 1. The number of carboxylic acid groups (broad SMARTS) is 1. The van der Waals surface area contributed by atoms with Gasteiger partial charge in [-0.05, 0) is 12.1 Å². The molecule has 14 heavy (non-hydrogen) atoms. The minimum atomic E-state index is -1.19. The standard InChI is InChI=1S/C9H5FO3S/c10-8-5(11)1-2-6-7(8)4(3-14-6)9(12)13/h1-3,11H,(H,12,13). The van der Waals surface area contributed by atoms with Crippen molar-refractivity contribution >= 4 is 27.4 Å². The summed E-state index contributed by atoms with van der Waals surface area (Å²) in [6.45, 7) is 0. The molecule has 72 valence electrons. The van der Waals surface area contributed by atoms with Crippen LogP contribution in [0.4, 0.5) is 4.39 Å². The summed E-state index contributed by atoms with van der Waals surface area (Å²) in [4.78, 5) is 10.7. The molecule has 0 saturated carbocycles. The van der Waals surface area contributed by atoms with E-state index in [4.69, 9.17) is 10.2 Å². The maximum Gasteiger partial charge on any atom is 0.337 e. The number of carboxylic acids is 1. The molecule has 0 spiro atoms. The van der Waals surface area contributed by atoms with Crippen LogP contribution < -0.4 is 0 Å². The number of hydrogen-bond donors (Lipinski definition) is 2. The van der Waals surface area contributed by atoms with E-state index in [0.29, 0.717) is 4.70 Å². The zero-order valence-electron chi connectivity index (χ0n) is 6.82. The average molecular weight is 212 g/mol. The molecule has 0 aliphatic heterocycles. The molecule has 0 saturated heterocycles. The summed E-state index contributed by atoms with van der Waals surface area (Å²) in [5.74, 6) is -2.60. The summed E-state index contributed by atoms with van der Waals surface area (Å²) < 4.78 is 13.9. The van der Waals surface area contributed by atoms with Gasteiger partial charge < -0.3 is 10.2 Å². The minimum Gasteiger partial charge on any atom is -0.505 e. The molecule has 1 heterocycles. The third kappa shape index (κ3) is 1.13. The van der Waals surface area contributed by atoms with Crippen molar-refractivity contribution in [2.45, 2.75) is 0 Å². The first-order chi connectivity index (χ1) is 6.61. The fourth-order valence-corrected chi connectivity index (χ4v) is 2.16. The molecule has 2 aromatic rings. The van der Waals surface area contributed by atoms with E-state index in [-0.39, 0.29) is 10.9 Å². The van der Waals surface area contributed by atoms with Crippen LogP contribution in [0, 0.1) is 5.82 Å². The van der Waals surface area contributed by atoms with Crippen LogP contribution in [0.2, 0.25) is 0 Å².